The number of hydrogen-bond acceptors (Lipinski definition) is 3. The van der Waals surface area contributed by atoms with Crippen LogP contribution in [0.3, 0.4) is 0 Å². The molecule has 104 valence electrons. The molecule has 1 aliphatic heterocycles. The lowest BCUT2D eigenvalue weighted by Gasteiger charge is -2.35. The normalized spacial score (nSPS) is 18.1. The Labute approximate surface area is 115 Å². The maximum absolute atomic E-state index is 12.0. The van der Waals surface area contributed by atoms with Crippen LogP contribution in [0.25, 0.3) is 0 Å². The van der Waals surface area contributed by atoms with Crippen molar-refractivity contribution in [2.75, 3.05) is 36.8 Å². The number of anilines is 1. The van der Waals surface area contributed by atoms with Crippen LogP contribution in [-0.4, -0.2) is 44.7 Å². The Balaban J connectivity index is 1.96. The van der Waals surface area contributed by atoms with Crippen LogP contribution in [0.1, 0.15) is 6.92 Å². The molecule has 19 heavy (non-hydrogen) atoms. The third-order valence-corrected chi connectivity index (χ3v) is 5.06. The highest BCUT2D eigenvalue weighted by Gasteiger charge is 2.25. The molecule has 4 nitrogen and oxygen atoms in total. The van der Waals surface area contributed by atoms with E-state index in [1.54, 1.807) is 16.5 Å². The number of hydrogen-bond donors (Lipinski definition) is 0. The van der Waals surface area contributed by atoms with Gasteiger partial charge >= 0.3 is 0 Å². The Morgan fingerprint density at radius 3 is 2.32 bits per heavy atom. The summed E-state index contributed by atoms with van der Waals surface area (Å²) in [6.45, 7) is 4.46. The first-order valence-corrected chi connectivity index (χ1v) is 8.13. The third-order valence-electron chi connectivity index (χ3n) is 3.30. The zero-order chi connectivity index (χ0) is 13.7. The van der Waals surface area contributed by atoms with Crippen molar-refractivity contribution >= 4 is 15.7 Å². The molecule has 1 heterocycles. The van der Waals surface area contributed by atoms with Crippen molar-refractivity contribution in [2.24, 2.45) is 0 Å². The van der Waals surface area contributed by atoms with Crippen molar-refractivity contribution in [1.29, 1.82) is 0 Å². The highest BCUT2D eigenvalue weighted by Crippen LogP contribution is 2.17. The van der Waals surface area contributed by atoms with Crippen LogP contribution in [0.2, 0.25) is 0 Å². The van der Waals surface area contributed by atoms with Crippen molar-refractivity contribution in [3.05, 3.63) is 42.5 Å². The van der Waals surface area contributed by atoms with Crippen LogP contribution < -0.4 is 4.90 Å². The summed E-state index contributed by atoms with van der Waals surface area (Å²) in [7, 11) is -3.13. The van der Waals surface area contributed by atoms with E-state index >= 15 is 0 Å². The van der Waals surface area contributed by atoms with Crippen molar-refractivity contribution in [3.63, 3.8) is 0 Å². The summed E-state index contributed by atoms with van der Waals surface area (Å²) >= 11 is 0. The van der Waals surface area contributed by atoms with Crippen molar-refractivity contribution in [2.45, 2.75) is 6.92 Å². The van der Waals surface area contributed by atoms with Crippen LogP contribution in [0.15, 0.2) is 42.5 Å². The first kappa shape index (κ1) is 14.1. The molecule has 0 atom stereocenters. The maximum atomic E-state index is 12.0. The number of para-hydroxylation sites is 1. The van der Waals surface area contributed by atoms with Gasteiger partial charge in [0.15, 0.2) is 0 Å². The molecule has 0 aromatic heterocycles. The molecule has 5 heteroatoms. The van der Waals surface area contributed by atoms with Gasteiger partial charge in [-0.3, -0.25) is 0 Å². The third kappa shape index (κ3) is 3.58. The molecule has 0 N–H and O–H groups in total. The number of piperazine rings is 1. The fraction of sp³-hybridized carbons (Fsp3) is 0.429. The first-order valence-electron chi connectivity index (χ1n) is 6.52. The van der Waals surface area contributed by atoms with E-state index in [1.807, 2.05) is 25.1 Å². The Morgan fingerprint density at radius 1 is 1.11 bits per heavy atom. The molecule has 0 spiro atoms. The van der Waals surface area contributed by atoms with Crippen LogP contribution in [0.4, 0.5) is 5.69 Å². The molecular weight excluding hydrogens is 260 g/mol. The molecule has 1 saturated heterocycles. The average Bonchev–Trinajstić information content (AvgIpc) is 2.46. The molecule has 0 amide bonds. The quantitative estimate of drug-likeness (QED) is 0.788. The largest absolute Gasteiger partial charge is 0.369 e. The topological polar surface area (TPSA) is 40.6 Å². The van der Waals surface area contributed by atoms with E-state index in [1.165, 1.54) is 0 Å². The molecule has 1 fully saturated rings. The Morgan fingerprint density at radius 2 is 1.74 bits per heavy atom. The van der Waals surface area contributed by atoms with E-state index in [2.05, 4.69) is 17.0 Å². The summed E-state index contributed by atoms with van der Waals surface area (Å²) in [5.41, 5.74) is 1.16. The van der Waals surface area contributed by atoms with Crippen LogP contribution in [0, 0.1) is 0 Å². The van der Waals surface area contributed by atoms with E-state index < -0.39 is 10.0 Å². The zero-order valence-electron chi connectivity index (χ0n) is 11.2. The highest BCUT2D eigenvalue weighted by molar-refractivity contribution is 7.89. The molecule has 0 bridgehead atoms. The maximum Gasteiger partial charge on any atom is 0.217 e. The molecule has 1 aromatic rings. The smallest absolute Gasteiger partial charge is 0.217 e. The van der Waals surface area contributed by atoms with Crippen molar-refractivity contribution in [1.82, 2.24) is 4.31 Å². The molecule has 0 unspecified atom stereocenters. The minimum Gasteiger partial charge on any atom is -0.369 e. The minimum absolute atomic E-state index is 0.106. The summed E-state index contributed by atoms with van der Waals surface area (Å²) in [6.07, 6.45) is 3.47. The van der Waals surface area contributed by atoms with Gasteiger partial charge in [0.1, 0.15) is 0 Å². The van der Waals surface area contributed by atoms with Gasteiger partial charge in [0, 0.05) is 31.9 Å². The molecule has 2 rings (SSSR count). The monoisotopic (exact) mass is 280 g/mol. The fourth-order valence-electron chi connectivity index (χ4n) is 2.19. The van der Waals surface area contributed by atoms with Crippen LogP contribution in [0.5, 0.6) is 0 Å². The molecule has 0 aliphatic carbocycles. The van der Waals surface area contributed by atoms with Crippen LogP contribution in [-0.2, 0) is 10.0 Å². The fourth-order valence-corrected chi connectivity index (χ4v) is 3.55. The lowest BCUT2D eigenvalue weighted by atomic mass is 10.2. The Hall–Kier alpha value is -1.33. The first-order chi connectivity index (χ1) is 9.13. The summed E-state index contributed by atoms with van der Waals surface area (Å²) in [6, 6.07) is 10.1. The van der Waals surface area contributed by atoms with E-state index in [-0.39, 0.29) is 5.75 Å². The molecule has 0 saturated carbocycles. The Kier molecular flexibility index (Phi) is 4.61. The van der Waals surface area contributed by atoms with Gasteiger partial charge in [-0.05, 0) is 19.1 Å². The SMILES string of the molecule is CC=CCS(=O)(=O)N1CCN(c2ccccc2)CC1. The predicted octanol–water partition coefficient (Wildman–Crippen LogP) is 1.71. The van der Waals surface area contributed by atoms with Gasteiger partial charge in [-0.1, -0.05) is 30.4 Å². The molecule has 0 radical (unpaired) electrons. The minimum atomic E-state index is -3.13. The van der Waals surface area contributed by atoms with E-state index in [0.717, 1.165) is 18.8 Å². The number of nitrogens with zero attached hydrogens (tertiary/aromatic N) is 2. The number of sulfonamides is 1. The predicted molar refractivity (Wildman–Crippen MR) is 78.8 cm³/mol. The lowest BCUT2D eigenvalue weighted by molar-refractivity contribution is 0.386. The molecular formula is C14H20N2O2S. The molecule has 1 aliphatic rings. The van der Waals surface area contributed by atoms with Gasteiger partial charge in [0.25, 0.3) is 0 Å². The number of benzene rings is 1. The lowest BCUT2D eigenvalue weighted by Crippen LogP contribution is -2.49. The second-order valence-corrected chi connectivity index (χ2v) is 6.58. The van der Waals surface area contributed by atoms with Gasteiger partial charge in [0.2, 0.25) is 10.0 Å². The van der Waals surface area contributed by atoms with Gasteiger partial charge in [-0.15, -0.1) is 0 Å². The van der Waals surface area contributed by atoms with E-state index in [4.69, 9.17) is 0 Å². The molecule has 1 aromatic carbocycles. The standard InChI is InChI=1S/C14H20N2O2S/c1-2-3-13-19(17,18)16-11-9-15(10-12-16)14-7-5-4-6-8-14/h2-8H,9-13H2,1H3. The van der Waals surface area contributed by atoms with E-state index in [0.29, 0.717) is 13.1 Å². The van der Waals surface area contributed by atoms with Crippen molar-refractivity contribution in [3.8, 4) is 0 Å². The Bertz CT molecular complexity index is 518. The highest BCUT2D eigenvalue weighted by atomic mass is 32.2. The van der Waals surface area contributed by atoms with Gasteiger partial charge in [0.05, 0.1) is 5.75 Å². The summed E-state index contributed by atoms with van der Waals surface area (Å²) in [4.78, 5) is 2.22. The van der Waals surface area contributed by atoms with Gasteiger partial charge in [-0.25, -0.2) is 8.42 Å². The zero-order valence-corrected chi connectivity index (χ0v) is 12.0. The second-order valence-electron chi connectivity index (χ2n) is 4.57. The number of allylic oxidation sites excluding steroid dienone is 1. The average molecular weight is 280 g/mol. The summed E-state index contributed by atoms with van der Waals surface area (Å²) in [5.74, 6) is 0.106. The summed E-state index contributed by atoms with van der Waals surface area (Å²) in [5, 5.41) is 0. The summed E-state index contributed by atoms with van der Waals surface area (Å²) < 4.78 is 25.7. The second kappa shape index (κ2) is 6.21. The van der Waals surface area contributed by atoms with Gasteiger partial charge < -0.3 is 4.90 Å². The van der Waals surface area contributed by atoms with Gasteiger partial charge in [-0.2, -0.15) is 4.31 Å². The van der Waals surface area contributed by atoms with E-state index in [9.17, 15) is 8.42 Å². The van der Waals surface area contributed by atoms with Crippen molar-refractivity contribution < 1.29 is 8.42 Å². The van der Waals surface area contributed by atoms with Crippen LogP contribution >= 0.6 is 0 Å². The number of rotatable bonds is 4.